The number of carbonyl (C=O) groups excluding carboxylic acids is 1. The third-order valence-electron chi connectivity index (χ3n) is 2.83. The first-order valence-electron chi connectivity index (χ1n) is 5.64. The molecule has 1 aromatic carbocycles. The van der Waals surface area contributed by atoms with Crippen LogP contribution in [0.3, 0.4) is 0 Å². The Morgan fingerprint density at radius 1 is 1.50 bits per heavy atom. The van der Waals surface area contributed by atoms with Crippen LogP contribution in [-0.4, -0.2) is 25.2 Å². The van der Waals surface area contributed by atoms with Crippen molar-refractivity contribution in [1.29, 1.82) is 0 Å². The van der Waals surface area contributed by atoms with Crippen molar-refractivity contribution in [2.45, 2.75) is 26.8 Å². The maximum Gasteiger partial charge on any atom is 0.330 e. The minimum Gasteiger partial charge on any atom is -0.464 e. The molecule has 0 N–H and O–H groups in total. The highest BCUT2D eigenvalue weighted by molar-refractivity contribution is 5.87. The first-order chi connectivity index (χ1) is 7.63. The van der Waals surface area contributed by atoms with Gasteiger partial charge in [-0.25, -0.2) is 4.79 Å². The Hall–Kier alpha value is -1.51. The summed E-state index contributed by atoms with van der Waals surface area (Å²) in [6.07, 6.45) is 0. The van der Waals surface area contributed by atoms with Crippen LogP contribution < -0.4 is 4.90 Å². The van der Waals surface area contributed by atoms with E-state index in [1.165, 1.54) is 11.1 Å². The van der Waals surface area contributed by atoms with Gasteiger partial charge in [0.15, 0.2) is 0 Å². The third kappa shape index (κ3) is 2.03. The van der Waals surface area contributed by atoms with Crippen LogP contribution >= 0.6 is 0 Å². The second-order valence-electron chi connectivity index (χ2n) is 4.21. The summed E-state index contributed by atoms with van der Waals surface area (Å²) in [5.74, 6) is -0.109. The van der Waals surface area contributed by atoms with E-state index in [4.69, 9.17) is 4.74 Å². The van der Waals surface area contributed by atoms with Gasteiger partial charge in [-0.2, -0.15) is 0 Å². The average Bonchev–Trinajstić information content (AvgIpc) is 2.98. The monoisotopic (exact) mass is 219 g/mol. The lowest BCUT2D eigenvalue weighted by Gasteiger charge is -2.09. The molecule has 0 bridgehead atoms. The summed E-state index contributed by atoms with van der Waals surface area (Å²) in [6.45, 7) is 7.21. The molecule has 3 nitrogen and oxygen atoms in total. The standard InChI is InChI=1S/C13H17NO2/c1-4-16-13(15)12-8-14(12)11-6-5-9(2)7-10(11)3/h5-7,12H,4,8H2,1-3H3. The summed E-state index contributed by atoms with van der Waals surface area (Å²) in [5.41, 5.74) is 3.60. The van der Waals surface area contributed by atoms with Crippen molar-refractivity contribution in [3.8, 4) is 0 Å². The number of ether oxygens (including phenoxy) is 1. The van der Waals surface area contributed by atoms with Crippen LogP contribution in [0, 0.1) is 13.8 Å². The molecule has 1 atom stereocenters. The number of nitrogens with zero attached hydrogens (tertiary/aromatic N) is 1. The fourth-order valence-electron chi connectivity index (χ4n) is 1.97. The van der Waals surface area contributed by atoms with Crippen LogP contribution in [-0.2, 0) is 9.53 Å². The maximum atomic E-state index is 11.5. The van der Waals surface area contributed by atoms with Crippen LogP contribution in [0.4, 0.5) is 5.69 Å². The number of benzene rings is 1. The molecule has 1 fully saturated rings. The molecule has 0 aromatic heterocycles. The lowest BCUT2D eigenvalue weighted by Crippen LogP contribution is -2.16. The van der Waals surface area contributed by atoms with E-state index in [1.54, 1.807) is 0 Å². The van der Waals surface area contributed by atoms with E-state index in [9.17, 15) is 4.79 Å². The molecule has 0 aliphatic carbocycles. The summed E-state index contributed by atoms with van der Waals surface area (Å²) in [6, 6.07) is 6.21. The highest BCUT2D eigenvalue weighted by Crippen LogP contribution is 2.31. The normalized spacial score (nSPS) is 18.4. The second-order valence-corrected chi connectivity index (χ2v) is 4.21. The summed E-state index contributed by atoms with van der Waals surface area (Å²) in [5, 5.41) is 0. The van der Waals surface area contributed by atoms with Crippen molar-refractivity contribution in [3.05, 3.63) is 29.3 Å². The van der Waals surface area contributed by atoms with E-state index in [2.05, 4.69) is 36.9 Å². The van der Waals surface area contributed by atoms with E-state index in [1.807, 2.05) is 6.92 Å². The van der Waals surface area contributed by atoms with Gasteiger partial charge in [0.1, 0.15) is 6.04 Å². The zero-order chi connectivity index (χ0) is 11.7. The van der Waals surface area contributed by atoms with Crippen LogP contribution in [0.2, 0.25) is 0 Å². The number of anilines is 1. The van der Waals surface area contributed by atoms with Gasteiger partial charge in [-0.1, -0.05) is 17.7 Å². The molecule has 0 spiro atoms. The minimum atomic E-state index is -0.109. The molecule has 2 rings (SSSR count). The molecule has 0 saturated carbocycles. The quantitative estimate of drug-likeness (QED) is 0.575. The lowest BCUT2D eigenvalue weighted by atomic mass is 10.1. The highest BCUT2D eigenvalue weighted by atomic mass is 16.5. The maximum absolute atomic E-state index is 11.5. The van der Waals surface area contributed by atoms with Crippen LogP contribution in [0.25, 0.3) is 0 Å². The van der Waals surface area contributed by atoms with Crippen molar-refractivity contribution >= 4 is 11.7 Å². The molecule has 1 aromatic rings. The Kier molecular flexibility index (Phi) is 2.86. The average molecular weight is 219 g/mol. The Labute approximate surface area is 96.0 Å². The fraction of sp³-hybridized carbons (Fsp3) is 0.462. The van der Waals surface area contributed by atoms with Crippen molar-refractivity contribution < 1.29 is 9.53 Å². The van der Waals surface area contributed by atoms with Gasteiger partial charge in [0.05, 0.1) is 13.2 Å². The van der Waals surface area contributed by atoms with Gasteiger partial charge < -0.3 is 9.64 Å². The van der Waals surface area contributed by atoms with Crippen molar-refractivity contribution in [3.63, 3.8) is 0 Å². The summed E-state index contributed by atoms with van der Waals surface area (Å²) in [7, 11) is 0. The molecule has 86 valence electrons. The van der Waals surface area contributed by atoms with E-state index in [0.717, 1.165) is 12.2 Å². The van der Waals surface area contributed by atoms with Crippen LogP contribution in [0.15, 0.2) is 18.2 Å². The number of rotatable bonds is 3. The third-order valence-corrected chi connectivity index (χ3v) is 2.83. The molecule has 1 aliphatic heterocycles. The van der Waals surface area contributed by atoms with Gasteiger partial charge in [0.25, 0.3) is 0 Å². The Balaban J connectivity index is 2.08. The zero-order valence-electron chi connectivity index (χ0n) is 9.99. The molecular weight excluding hydrogens is 202 g/mol. The molecule has 1 unspecified atom stereocenters. The van der Waals surface area contributed by atoms with Gasteiger partial charge in [-0.3, -0.25) is 0 Å². The minimum absolute atomic E-state index is 0.0682. The van der Waals surface area contributed by atoms with Crippen LogP contribution in [0.5, 0.6) is 0 Å². The molecule has 1 aliphatic rings. The molecule has 3 heteroatoms. The number of hydrogen-bond acceptors (Lipinski definition) is 3. The number of carbonyl (C=O) groups is 1. The topological polar surface area (TPSA) is 29.3 Å². The van der Waals surface area contributed by atoms with Crippen molar-refractivity contribution in [2.24, 2.45) is 0 Å². The second kappa shape index (κ2) is 4.16. The van der Waals surface area contributed by atoms with Gasteiger partial charge in [0.2, 0.25) is 0 Å². The van der Waals surface area contributed by atoms with Crippen LogP contribution in [0.1, 0.15) is 18.1 Å². The number of esters is 1. The predicted molar refractivity (Wildman–Crippen MR) is 63.7 cm³/mol. The SMILES string of the molecule is CCOC(=O)C1CN1c1ccc(C)cc1C. The Morgan fingerprint density at radius 3 is 2.88 bits per heavy atom. The van der Waals surface area contributed by atoms with E-state index >= 15 is 0 Å². The fourth-order valence-corrected chi connectivity index (χ4v) is 1.97. The number of aryl methyl sites for hydroxylation is 2. The van der Waals surface area contributed by atoms with Gasteiger partial charge in [0, 0.05) is 5.69 Å². The molecule has 0 radical (unpaired) electrons. The predicted octanol–water partition coefficient (Wildman–Crippen LogP) is 2.06. The molecular formula is C13H17NO2. The lowest BCUT2D eigenvalue weighted by molar-refractivity contribution is -0.142. The first kappa shape index (κ1) is 11.0. The largest absolute Gasteiger partial charge is 0.464 e. The van der Waals surface area contributed by atoms with E-state index in [-0.39, 0.29) is 12.0 Å². The summed E-state index contributed by atoms with van der Waals surface area (Å²) < 4.78 is 5.00. The van der Waals surface area contributed by atoms with Gasteiger partial charge in [-0.15, -0.1) is 0 Å². The summed E-state index contributed by atoms with van der Waals surface area (Å²) >= 11 is 0. The zero-order valence-corrected chi connectivity index (χ0v) is 9.99. The van der Waals surface area contributed by atoms with Crippen molar-refractivity contribution in [2.75, 3.05) is 18.1 Å². The molecule has 1 saturated heterocycles. The van der Waals surface area contributed by atoms with E-state index < -0.39 is 0 Å². The summed E-state index contributed by atoms with van der Waals surface area (Å²) in [4.78, 5) is 13.6. The Morgan fingerprint density at radius 2 is 2.25 bits per heavy atom. The molecule has 1 heterocycles. The first-order valence-corrected chi connectivity index (χ1v) is 5.64. The Bertz CT molecular complexity index is 414. The van der Waals surface area contributed by atoms with Gasteiger partial charge in [-0.05, 0) is 32.4 Å². The van der Waals surface area contributed by atoms with Gasteiger partial charge >= 0.3 is 5.97 Å². The molecule has 16 heavy (non-hydrogen) atoms. The highest BCUT2D eigenvalue weighted by Gasteiger charge is 2.42. The van der Waals surface area contributed by atoms with E-state index in [0.29, 0.717) is 6.61 Å². The number of hydrogen-bond donors (Lipinski definition) is 0. The van der Waals surface area contributed by atoms with Crippen molar-refractivity contribution in [1.82, 2.24) is 0 Å². The smallest absolute Gasteiger partial charge is 0.330 e. The molecule has 0 amide bonds.